The third-order valence-electron chi connectivity index (χ3n) is 5.24. The third kappa shape index (κ3) is 5.57. The van der Waals surface area contributed by atoms with Crippen molar-refractivity contribution in [1.82, 2.24) is 14.2 Å². The molecular formula is C21H27ClN4O3S. The number of carbonyl (C=O) groups excluding carboxylic acids is 1. The molecule has 2 aromatic rings. The van der Waals surface area contributed by atoms with E-state index >= 15 is 0 Å². The van der Waals surface area contributed by atoms with Crippen molar-refractivity contribution in [3.05, 3.63) is 53.3 Å². The van der Waals surface area contributed by atoms with Crippen molar-refractivity contribution >= 4 is 33.2 Å². The van der Waals surface area contributed by atoms with Gasteiger partial charge in [-0.2, -0.15) is 4.31 Å². The monoisotopic (exact) mass is 450 g/mol. The molecule has 0 atom stereocenters. The number of aromatic nitrogens is 1. The molecule has 0 saturated carbocycles. The van der Waals surface area contributed by atoms with E-state index in [2.05, 4.69) is 15.2 Å². The van der Waals surface area contributed by atoms with Gasteiger partial charge in [-0.05, 0) is 63.2 Å². The second-order valence-corrected chi connectivity index (χ2v) is 9.97. The summed E-state index contributed by atoms with van der Waals surface area (Å²) in [6.45, 7) is 1.52. The topological polar surface area (TPSA) is 82.6 Å². The molecule has 1 saturated heterocycles. The Bertz CT molecular complexity index is 972. The van der Waals surface area contributed by atoms with Crippen molar-refractivity contribution in [3.8, 4) is 0 Å². The minimum atomic E-state index is -3.71. The van der Waals surface area contributed by atoms with Crippen LogP contribution in [0.5, 0.6) is 0 Å². The minimum absolute atomic E-state index is 0.00363. The summed E-state index contributed by atoms with van der Waals surface area (Å²) in [7, 11) is 0.363. The van der Waals surface area contributed by atoms with Gasteiger partial charge in [0.25, 0.3) is 0 Å². The van der Waals surface area contributed by atoms with Crippen LogP contribution in [0.3, 0.4) is 0 Å². The van der Waals surface area contributed by atoms with Crippen molar-refractivity contribution in [2.24, 2.45) is 5.92 Å². The summed E-state index contributed by atoms with van der Waals surface area (Å²) in [5, 5.41) is 2.91. The number of pyridine rings is 1. The number of carbonyl (C=O) groups is 1. The summed E-state index contributed by atoms with van der Waals surface area (Å²) < 4.78 is 27.0. The standard InChI is InChI=1S/C21H27ClN4O3S/c1-25(2)13-9-16-5-7-18(8-6-16)24-21(27)17-10-14-26(15-11-17)30(28,29)19-4-3-12-23-20(19)22/h3-8,12,17H,9-11,13-15H2,1-2H3,(H,24,27). The van der Waals surface area contributed by atoms with Gasteiger partial charge in [0.05, 0.1) is 0 Å². The number of nitrogens with one attached hydrogen (secondary N) is 1. The predicted octanol–water partition coefficient (Wildman–Crippen LogP) is 2.88. The van der Waals surface area contributed by atoms with Crippen molar-refractivity contribution < 1.29 is 13.2 Å². The fraction of sp³-hybridized carbons (Fsp3) is 0.429. The lowest BCUT2D eigenvalue weighted by atomic mass is 9.97. The highest BCUT2D eigenvalue weighted by Gasteiger charge is 2.33. The van der Waals surface area contributed by atoms with Crippen LogP contribution in [0.4, 0.5) is 5.69 Å². The van der Waals surface area contributed by atoms with Gasteiger partial charge in [-0.1, -0.05) is 23.7 Å². The van der Waals surface area contributed by atoms with Crippen LogP contribution in [-0.2, 0) is 21.2 Å². The van der Waals surface area contributed by atoms with Crippen LogP contribution in [0.1, 0.15) is 18.4 Å². The lowest BCUT2D eigenvalue weighted by Crippen LogP contribution is -2.41. The fourth-order valence-electron chi connectivity index (χ4n) is 3.41. The van der Waals surface area contributed by atoms with Crippen LogP contribution < -0.4 is 5.32 Å². The molecule has 1 amide bonds. The van der Waals surface area contributed by atoms with E-state index in [1.807, 2.05) is 38.4 Å². The molecule has 1 N–H and O–H groups in total. The molecule has 2 heterocycles. The molecule has 1 aromatic carbocycles. The van der Waals surface area contributed by atoms with Crippen molar-refractivity contribution in [3.63, 3.8) is 0 Å². The maximum atomic E-state index is 12.8. The third-order valence-corrected chi connectivity index (χ3v) is 7.58. The first kappa shape index (κ1) is 22.7. The second kappa shape index (κ2) is 9.87. The van der Waals surface area contributed by atoms with Gasteiger partial charge in [-0.25, -0.2) is 13.4 Å². The second-order valence-electron chi connectivity index (χ2n) is 7.71. The van der Waals surface area contributed by atoms with Crippen LogP contribution in [0.25, 0.3) is 0 Å². The van der Waals surface area contributed by atoms with Crippen LogP contribution in [0.2, 0.25) is 5.15 Å². The van der Waals surface area contributed by atoms with Crippen LogP contribution >= 0.6 is 11.6 Å². The largest absolute Gasteiger partial charge is 0.326 e. The summed E-state index contributed by atoms with van der Waals surface area (Å²) in [6.07, 6.45) is 3.33. The van der Waals surface area contributed by atoms with Crippen molar-refractivity contribution in [2.75, 3.05) is 39.0 Å². The summed E-state index contributed by atoms with van der Waals surface area (Å²) >= 11 is 5.96. The quantitative estimate of drug-likeness (QED) is 0.656. The predicted molar refractivity (Wildman–Crippen MR) is 118 cm³/mol. The molecule has 1 aliphatic rings. The molecule has 0 bridgehead atoms. The maximum Gasteiger partial charge on any atom is 0.246 e. The van der Waals surface area contributed by atoms with Gasteiger partial charge in [-0.15, -0.1) is 0 Å². The van der Waals surface area contributed by atoms with Gasteiger partial charge >= 0.3 is 0 Å². The van der Waals surface area contributed by atoms with Gasteiger partial charge in [0.1, 0.15) is 10.0 Å². The Morgan fingerprint density at radius 1 is 1.20 bits per heavy atom. The first-order valence-corrected chi connectivity index (χ1v) is 11.7. The Labute approximate surface area is 183 Å². The van der Waals surface area contributed by atoms with Gasteiger partial charge < -0.3 is 10.2 Å². The number of anilines is 1. The van der Waals surface area contributed by atoms with E-state index in [-0.39, 0.29) is 35.0 Å². The van der Waals surface area contributed by atoms with E-state index in [1.54, 1.807) is 6.07 Å². The van der Waals surface area contributed by atoms with Crippen LogP contribution in [0, 0.1) is 5.92 Å². The molecule has 162 valence electrons. The molecule has 7 nitrogen and oxygen atoms in total. The molecule has 0 unspecified atom stereocenters. The normalized spacial score (nSPS) is 16.0. The number of hydrogen-bond donors (Lipinski definition) is 1. The lowest BCUT2D eigenvalue weighted by Gasteiger charge is -2.30. The van der Waals surface area contributed by atoms with Gasteiger partial charge in [0.15, 0.2) is 0 Å². The summed E-state index contributed by atoms with van der Waals surface area (Å²) in [5.41, 5.74) is 1.97. The van der Waals surface area contributed by atoms with Gasteiger partial charge in [0.2, 0.25) is 15.9 Å². The molecule has 0 aliphatic carbocycles. The van der Waals surface area contributed by atoms with Crippen molar-refractivity contribution in [1.29, 1.82) is 0 Å². The zero-order valence-electron chi connectivity index (χ0n) is 17.2. The molecule has 9 heteroatoms. The number of rotatable bonds is 7. The van der Waals surface area contributed by atoms with Gasteiger partial charge in [-0.3, -0.25) is 4.79 Å². The average Bonchev–Trinajstić information content (AvgIpc) is 2.73. The Hall–Kier alpha value is -2.00. The zero-order valence-corrected chi connectivity index (χ0v) is 18.8. The summed E-state index contributed by atoms with van der Waals surface area (Å²) in [4.78, 5) is 18.6. The van der Waals surface area contributed by atoms with E-state index in [4.69, 9.17) is 11.6 Å². The first-order valence-electron chi connectivity index (χ1n) is 9.92. The molecule has 0 spiro atoms. The summed E-state index contributed by atoms with van der Waals surface area (Å²) in [6, 6.07) is 10.9. The minimum Gasteiger partial charge on any atom is -0.326 e. The number of hydrogen-bond acceptors (Lipinski definition) is 5. The molecule has 1 aromatic heterocycles. The van der Waals surface area contributed by atoms with E-state index < -0.39 is 10.0 Å². The Morgan fingerprint density at radius 2 is 1.87 bits per heavy atom. The maximum absolute atomic E-state index is 12.8. The number of piperidine rings is 1. The molecule has 1 aliphatic heterocycles. The van der Waals surface area contributed by atoms with E-state index in [0.717, 1.165) is 18.7 Å². The smallest absolute Gasteiger partial charge is 0.246 e. The number of nitrogens with zero attached hydrogens (tertiary/aromatic N) is 3. The SMILES string of the molecule is CN(C)CCc1ccc(NC(=O)C2CCN(S(=O)(=O)c3cccnc3Cl)CC2)cc1. The highest BCUT2D eigenvalue weighted by molar-refractivity contribution is 7.89. The van der Waals surface area contributed by atoms with Gasteiger partial charge in [0, 0.05) is 37.4 Å². The highest BCUT2D eigenvalue weighted by atomic mass is 35.5. The Balaban J connectivity index is 1.55. The van der Waals surface area contributed by atoms with Crippen LogP contribution in [0.15, 0.2) is 47.5 Å². The first-order chi connectivity index (χ1) is 14.3. The number of amides is 1. The summed E-state index contributed by atoms with van der Waals surface area (Å²) in [5.74, 6) is -0.304. The van der Waals surface area contributed by atoms with E-state index in [0.29, 0.717) is 12.8 Å². The molecule has 1 fully saturated rings. The molecular weight excluding hydrogens is 424 g/mol. The molecule has 0 radical (unpaired) electrons. The Morgan fingerprint density at radius 3 is 2.47 bits per heavy atom. The van der Waals surface area contributed by atoms with Crippen molar-refractivity contribution in [2.45, 2.75) is 24.2 Å². The molecule has 3 rings (SSSR count). The zero-order chi connectivity index (χ0) is 21.7. The number of benzene rings is 1. The number of likely N-dealkylation sites (N-methyl/N-ethyl adjacent to an activating group) is 1. The average molecular weight is 451 g/mol. The van der Waals surface area contributed by atoms with E-state index in [9.17, 15) is 13.2 Å². The van der Waals surface area contributed by atoms with E-state index in [1.165, 1.54) is 22.1 Å². The van der Waals surface area contributed by atoms with Crippen LogP contribution in [-0.4, -0.2) is 62.2 Å². The highest BCUT2D eigenvalue weighted by Crippen LogP contribution is 2.27. The lowest BCUT2D eigenvalue weighted by molar-refractivity contribution is -0.120. The Kier molecular flexibility index (Phi) is 7.46. The number of halogens is 1. The number of sulfonamides is 1. The fourth-order valence-corrected chi connectivity index (χ4v) is 5.31. The molecule has 30 heavy (non-hydrogen) atoms.